The zero-order valence-electron chi connectivity index (χ0n) is 34.1. The molecule has 0 saturated heterocycles. The zero-order chi connectivity index (χ0) is 41.8. The predicted molar refractivity (Wildman–Crippen MR) is 224 cm³/mol. The van der Waals surface area contributed by atoms with Crippen LogP contribution in [0.2, 0.25) is 0 Å². The lowest BCUT2D eigenvalue weighted by atomic mass is 10.0. The van der Waals surface area contributed by atoms with E-state index < -0.39 is 23.4 Å². The lowest BCUT2D eigenvalue weighted by Gasteiger charge is -2.24. The van der Waals surface area contributed by atoms with E-state index in [4.69, 9.17) is 19.4 Å². The van der Waals surface area contributed by atoms with E-state index in [1.54, 1.807) is 38.4 Å². The first-order valence-corrected chi connectivity index (χ1v) is 19.1. The van der Waals surface area contributed by atoms with Gasteiger partial charge in [-0.15, -0.1) is 0 Å². The average molecular weight is 787 g/mol. The Morgan fingerprint density at radius 3 is 1.24 bits per heavy atom. The van der Waals surface area contributed by atoms with Crippen LogP contribution in [0.5, 0.6) is 0 Å². The Labute approximate surface area is 337 Å². The number of fused-ring (bicyclic) bond motifs is 2. The number of nitrogens with zero attached hydrogens (tertiary/aromatic N) is 4. The summed E-state index contributed by atoms with van der Waals surface area (Å²) in [5, 5.41) is 5.70. The van der Waals surface area contributed by atoms with Crippen molar-refractivity contribution in [1.82, 2.24) is 40.4 Å². The van der Waals surface area contributed by atoms with Crippen LogP contribution in [0.3, 0.4) is 0 Å². The summed E-state index contributed by atoms with van der Waals surface area (Å²) < 4.78 is 10.7. The third-order valence-electron chi connectivity index (χ3n) is 9.01. The smallest absolute Gasteiger partial charge is 0.410 e. The quantitative estimate of drug-likeness (QED) is 0.104. The van der Waals surface area contributed by atoms with Gasteiger partial charge in [0, 0.05) is 62.5 Å². The number of H-pyrrole nitrogens is 2. The highest BCUT2D eigenvalue weighted by Gasteiger charge is 2.21. The van der Waals surface area contributed by atoms with Crippen LogP contribution in [0.4, 0.5) is 9.59 Å². The average Bonchev–Trinajstić information content (AvgIpc) is 3.80. The molecule has 0 aliphatic carbocycles. The van der Waals surface area contributed by atoms with Crippen molar-refractivity contribution in [2.45, 2.75) is 52.7 Å². The van der Waals surface area contributed by atoms with Crippen LogP contribution >= 0.6 is 0 Å². The van der Waals surface area contributed by atoms with Crippen LogP contribution in [-0.2, 0) is 9.47 Å². The third kappa shape index (κ3) is 10.4. The van der Waals surface area contributed by atoms with Gasteiger partial charge in [0.15, 0.2) is 0 Å². The van der Waals surface area contributed by atoms with Crippen molar-refractivity contribution < 1.29 is 28.7 Å². The van der Waals surface area contributed by atoms with Crippen LogP contribution in [0.15, 0.2) is 84.9 Å². The van der Waals surface area contributed by atoms with E-state index in [0.29, 0.717) is 35.9 Å². The molecule has 0 unspecified atom stereocenters. The molecule has 14 nitrogen and oxygen atoms in total. The highest BCUT2D eigenvalue weighted by Crippen LogP contribution is 2.29. The molecule has 4 amide bonds. The number of amides is 4. The van der Waals surface area contributed by atoms with E-state index >= 15 is 0 Å². The molecule has 14 heteroatoms. The number of hydrogen-bond donors (Lipinski definition) is 4. The highest BCUT2D eigenvalue weighted by atomic mass is 16.6. The monoisotopic (exact) mass is 786 g/mol. The summed E-state index contributed by atoms with van der Waals surface area (Å²) in [4.78, 5) is 69.1. The summed E-state index contributed by atoms with van der Waals surface area (Å²) in [5.74, 6) is 0.885. The summed E-state index contributed by atoms with van der Waals surface area (Å²) in [7, 11) is 3.26. The Kier molecular flexibility index (Phi) is 11.9. The number of benzene rings is 4. The molecule has 0 bridgehead atoms. The molecule has 0 fully saturated rings. The van der Waals surface area contributed by atoms with E-state index in [1.807, 2.05) is 90.1 Å². The summed E-state index contributed by atoms with van der Waals surface area (Å²) in [6, 6.07) is 26.5. The molecule has 4 aromatic carbocycles. The molecule has 4 N–H and O–H groups in total. The van der Waals surface area contributed by atoms with Gasteiger partial charge in [0.2, 0.25) is 0 Å². The molecule has 0 atom stereocenters. The Bertz CT molecular complexity index is 2270. The van der Waals surface area contributed by atoms with Crippen molar-refractivity contribution in [3.8, 4) is 33.9 Å². The fraction of sp³-hybridized carbons (Fsp3) is 0.318. The number of hydrogen-bond acceptors (Lipinski definition) is 8. The van der Waals surface area contributed by atoms with E-state index in [9.17, 15) is 19.2 Å². The standard InChI is InChI=1S/C44H50N8O6/c1-43(2,3)57-41(55)51(7)23-21-45-39(53)29-13-9-27(10-14-29)37-47-33-19-17-31(25-35(33)49-37)32-18-20-34-36(26-32)50-38(48-34)28-11-15-30(16-12-28)40(54)46-22-24-52(8)42(56)58-44(4,5)6/h9-20,25-26H,21-24H2,1-8H3,(H,45,53)(H,46,54)(H,47,49)(H,48,50). The van der Waals surface area contributed by atoms with Crippen LogP contribution in [0, 0.1) is 0 Å². The number of ether oxygens (including phenoxy) is 2. The van der Waals surface area contributed by atoms with Crippen LogP contribution in [0.25, 0.3) is 56.0 Å². The number of carbonyl (C=O) groups excluding carboxylic acids is 4. The molecule has 0 radical (unpaired) electrons. The van der Waals surface area contributed by atoms with Gasteiger partial charge in [-0.3, -0.25) is 9.59 Å². The molecule has 0 aliphatic heterocycles. The molecule has 2 aromatic heterocycles. The van der Waals surface area contributed by atoms with Crippen LogP contribution in [-0.4, -0.2) is 105 Å². The van der Waals surface area contributed by atoms with Crippen LogP contribution in [0.1, 0.15) is 62.3 Å². The van der Waals surface area contributed by atoms with Crippen molar-refractivity contribution >= 4 is 46.1 Å². The van der Waals surface area contributed by atoms with Crippen molar-refractivity contribution in [1.29, 1.82) is 0 Å². The molecule has 6 aromatic rings. The second-order valence-electron chi connectivity index (χ2n) is 16.1. The fourth-order valence-electron chi connectivity index (χ4n) is 5.95. The lowest BCUT2D eigenvalue weighted by Crippen LogP contribution is -2.39. The topological polar surface area (TPSA) is 175 Å². The molecular formula is C44H50N8O6. The molecule has 0 saturated carbocycles. The fourth-order valence-corrected chi connectivity index (χ4v) is 5.95. The lowest BCUT2D eigenvalue weighted by molar-refractivity contribution is 0.0290. The summed E-state index contributed by atoms with van der Waals surface area (Å²) in [6.07, 6.45) is -0.885. The van der Waals surface area contributed by atoms with E-state index in [-0.39, 0.29) is 24.9 Å². The number of aromatic nitrogens is 4. The summed E-state index contributed by atoms with van der Waals surface area (Å²) in [5.41, 5.74) is 6.84. The summed E-state index contributed by atoms with van der Waals surface area (Å²) in [6.45, 7) is 12.0. The van der Waals surface area contributed by atoms with Gasteiger partial charge in [-0.1, -0.05) is 36.4 Å². The van der Waals surface area contributed by atoms with Crippen molar-refractivity contribution in [3.05, 3.63) is 96.1 Å². The largest absolute Gasteiger partial charge is 0.444 e. The second-order valence-corrected chi connectivity index (χ2v) is 16.1. The van der Waals surface area contributed by atoms with Crippen molar-refractivity contribution in [3.63, 3.8) is 0 Å². The maximum absolute atomic E-state index is 12.8. The first kappa shape index (κ1) is 40.9. The number of rotatable bonds is 11. The minimum absolute atomic E-state index is 0.239. The van der Waals surface area contributed by atoms with Gasteiger partial charge in [0.05, 0.1) is 22.1 Å². The molecule has 58 heavy (non-hydrogen) atoms. The van der Waals surface area contributed by atoms with Gasteiger partial charge in [-0.25, -0.2) is 19.6 Å². The predicted octanol–water partition coefficient (Wildman–Crippen LogP) is 7.63. The van der Waals surface area contributed by atoms with Gasteiger partial charge in [-0.05, 0) is 101 Å². The maximum Gasteiger partial charge on any atom is 0.410 e. The van der Waals surface area contributed by atoms with Gasteiger partial charge < -0.3 is 39.9 Å². The van der Waals surface area contributed by atoms with Gasteiger partial charge in [-0.2, -0.15) is 0 Å². The van der Waals surface area contributed by atoms with E-state index in [2.05, 4.69) is 32.7 Å². The molecule has 0 aliphatic rings. The third-order valence-corrected chi connectivity index (χ3v) is 9.01. The summed E-state index contributed by atoms with van der Waals surface area (Å²) >= 11 is 0. The van der Waals surface area contributed by atoms with Gasteiger partial charge in [0.25, 0.3) is 11.8 Å². The molecule has 2 heterocycles. The van der Waals surface area contributed by atoms with Gasteiger partial charge in [0.1, 0.15) is 22.9 Å². The Balaban J connectivity index is 1.06. The first-order valence-electron chi connectivity index (χ1n) is 19.1. The number of imidazole rings is 2. The van der Waals surface area contributed by atoms with Crippen LogP contribution < -0.4 is 10.6 Å². The molecule has 302 valence electrons. The van der Waals surface area contributed by atoms with E-state index in [1.165, 1.54) is 9.80 Å². The Morgan fingerprint density at radius 2 is 0.897 bits per heavy atom. The molecular weight excluding hydrogens is 737 g/mol. The number of carbonyl (C=O) groups is 4. The number of aromatic amines is 2. The minimum Gasteiger partial charge on any atom is -0.444 e. The molecule has 0 spiro atoms. The Hall–Kier alpha value is -6.70. The highest BCUT2D eigenvalue weighted by molar-refractivity contribution is 5.95. The number of nitrogens with one attached hydrogen (secondary N) is 4. The first-order chi connectivity index (χ1) is 27.4. The second kappa shape index (κ2) is 16.8. The molecule has 6 rings (SSSR count). The minimum atomic E-state index is -0.589. The SMILES string of the molecule is CN(CCNC(=O)c1ccc(-c2nc3ccc(-c4ccc5nc(-c6ccc(C(=O)NCCN(C)C(=O)OC(C)(C)C)cc6)[nH]c5c4)cc3[nH]2)cc1)C(=O)OC(C)(C)C. The Morgan fingerprint density at radius 1 is 0.552 bits per heavy atom. The zero-order valence-corrected chi connectivity index (χ0v) is 34.1. The maximum atomic E-state index is 12.8. The number of likely N-dealkylation sites (N-methyl/N-ethyl adjacent to an activating group) is 2. The normalized spacial score (nSPS) is 11.7. The van der Waals surface area contributed by atoms with Crippen molar-refractivity contribution in [2.24, 2.45) is 0 Å². The van der Waals surface area contributed by atoms with E-state index in [0.717, 1.165) is 44.3 Å². The van der Waals surface area contributed by atoms with Crippen molar-refractivity contribution in [2.75, 3.05) is 40.3 Å². The van der Waals surface area contributed by atoms with Gasteiger partial charge >= 0.3 is 12.2 Å².